The van der Waals surface area contributed by atoms with E-state index in [2.05, 4.69) is 27.6 Å². The summed E-state index contributed by atoms with van der Waals surface area (Å²) >= 11 is 0. The van der Waals surface area contributed by atoms with E-state index < -0.39 is 0 Å². The summed E-state index contributed by atoms with van der Waals surface area (Å²) in [4.78, 5) is 6.37. The van der Waals surface area contributed by atoms with Crippen molar-refractivity contribution in [3.63, 3.8) is 0 Å². The summed E-state index contributed by atoms with van der Waals surface area (Å²) in [6, 6.07) is 6.73. The van der Waals surface area contributed by atoms with E-state index in [9.17, 15) is 4.39 Å². The van der Waals surface area contributed by atoms with Crippen molar-refractivity contribution >= 4 is 5.96 Å². The molecule has 22 heavy (non-hydrogen) atoms. The largest absolute Gasteiger partial charge is 0.385 e. The van der Waals surface area contributed by atoms with Crippen LogP contribution in [0.15, 0.2) is 29.3 Å². The molecule has 0 unspecified atom stereocenters. The first-order valence-corrected chi connectivity index (χ1v) is 7.52. The Bertz CT molecular complexity index is 454. The minimum atomic E-state index is -0.205. The van der Waals surface area contributed by atoms with Crippen LogP contribution in [0.25, 0.3) is 0 Å². The molecule has 5 nitrogen and oxygen atoms in total. The summed E-state index contributed by atoms with van der Waals surface area (Å²) < 4.78 is 18.6. The van der Waals surface area contributed by atoms with Crippen LogP contribution in [-0.4, -0.2) is 58.3 Å². The summed E-state index contributed by atoms with van der Waals surface area (Å²) in [5.41, 5.74) is 0.627. The highest BCUT2D eigenvalue weighted by atomic mass is 19.1. The number of nitrogens with one attached hydrogen (secondary N) is 2. The minimum absolute atomic E-state index is 0.205. The topological polar surface area (TPSA) is 48.9 Å². The quantitative estimate of drug-likeness (QED) is 0.412. The second-order valence-corrected chi connectivity index (χ2v) is 5.09. The van der Waals surface area contributed by atoms with Crippen molar-refractivity contribution in [2.24, 2.45) is 4.99 Å². The second-order valence-electron chi connectivity index (χ2n) is 5.09. The van der Waals surface area contributed by atoms with Gasteiger partial charge in [0.1, 0.15) is 5.82 Å². The fourth-order valence-corrected chi connectivity index (χ4v) is 2.00. The summed E-state index contributed by atoms with van der Waals surface area (Å²) in [6.45, 7) is 3.88. The summed E-state index contributed by atoms with van der Waals surface area (Å²) in [5.74, 6) is 0.469. The summed E-state index contributed by atoms with van der Waals surface area (Å²) in [6.07, 6.45) is 1.02. The predicted molar refractivity (Wildman–Crippen MR) is 88.6 cm³/mol. The molecule has 1 rings (SSSR count). The third-order valence-corrected chi connectivity index (χ3v) is 3.30. The Labute approximate surface area is 132 Å². The molecule has 0 bridgehead atoms. The Morgan fingerprint density at radius 1 is 1.27 bits per heavy atom. The lowest BCUT2D eigenvalue weighted by Crippen LogP contribution is -2.40. The fourth-order valence-electron chi connectivity index (χ4n) is 2.00. The molecule has 0 aliphatic rings. The lowest BCUT2D eigenvalue weighted by molar-refractivity contribution is 0.180. The minimum Gasteiger partial charge on any atom is -0.385 e. The van der Waals surface area contributed by atoms with Crippen molar-refractivity contribution in [2.75, 3.05) is 47.4 Å². The van der Waals surface area contributed by atoms with Crippen LogP contribution >= 0.6 is 0 Å². The van der Waals surface area contributed by atoms with E-state index in [1.54, 1.807) is 26.3 Å². The molecule has 124 valence electrons. The van der Waals surface area contributed by atoms with Gasteiger partial charge in [-0.15, -0.1) is 0 Å². The van der Waals surface area contributed by atoms with Crippen LogP contribution in [0.4, 0.5) is 4.39 Å². The molecule has 2 N–H and O–H groups in total. The first kappa shape index (κ1) is 18.4. The molecular formula is C16H27FN4O. The molecule has 0 aliphatic carbocycles. The van der Waals surface area contributed by atoms with E-state index in [0.29, 0.717) is 18.1 Å². The van der Waals surface area contributed by atoms with Crippen LogP contribution in [0.5, 0.6) is 0 Å². The van der Waals surface area contributed by atoms with Crippen LogP contribution in [-0.2, 0) is 11.3 Å². The Morgan fingerprint density at radius 3 is 2.73 bits per heavy atom. The summed E-state index contributed by atoms with van der Waals surface area (Å²) in [5, 5.41) is 6.34. The maximum atomic E-state index is 13.5. The molecule has 6 heteroatoms. The Morgan fingerprint density at radius 2 is 2.05 bits per heavy atom. The number of guanidine groups is 1. The van der Waals surface area contributed by atoms with Gasteiger partial charge >= 0.3 is 0 Å². The van der Waals surface area contributed by atoms with E-state index in [0.717, 1.165) is 32.7 Å². The molecule has 0 aromatic heterocycles. The highest BCUT2D eigenvalue weighted by Gasteiger charge is 2.03. The average Bonchev–Trinajstić information content (AvgIpc) is 2.52. The molecule has 0 atom stereocenters. The number of hydrogen-bond donors (Lipinski definition) is 2. The van der Waals surface area contributed by atoms with E-state index in [4.69, 9.17) is 4.74 Å². The Hall–Kier alpha value is -1.66. The highest BCUT2D eigenvalue weighted by molar-refractivity contribution is 5.79. The average molecular weight is 310 g/mol. The number of hydrogen-bond acceptors (Lipinski definition) is 3. The van der Waals surface area contributed by atoms with Crippen LogP contribution in [0.1, 0.15) is 12.0 Å². The Kier molecular flexibility index (Phi) is 9.18. The van der Waals surface area contributed by atoms with E-state index in [1.165, 1.54) is 6.07 Å². The third kappa shape index (κ3) is 7.38. The van der Waals surface area contributed by atoms with Crippen molar-refractivity contribution in [3.8, 4) is 0 Å². The van der Waals surface area contributed by atoms with Crippen molar-refractivity contribution in [1.82, 2.24) is 15.5 Å². The fraction of sp³-hybridized carbons (Fsp3) is 0.562. The monoisotopic (exact) mass is 310 g/mol. The smallest absolute Gasteiger partial charge is 0.191 e. The first-order chi connectivity index (χ1) is 10.7. The van der Waals surface area contributed by atoms with Crippen molar-refractivity contribution in [3.05, 3.63) is 35.6 Å². The van der Waals surface area contributed by atoms with Crippen LogP contribution in [0, 0.1) is 5.82 Å². The molecule has 0 saturated carbocycles. The number of nitrogens with zero attached hydrogens (tertiary/aromatic N) is 2. The first-order valence-electron chi connectivity index (χ1n) is 7.52. The van der Waals surface area contributed by atoms with Crippen molar-refractivity contribution in [2.45, 2.75) is 13.0 Å². The van der Waals surface area contributed by atoms with Crippen molar-refractivity contribution < 1.29 is 9.13 Å². The molecule has 0 fully saturated rings. The maximum absolute atomic E-state index is 13.5. The number of benzene rings is 1. The zero-order chi connectivity index (χ0) is 16.2. The summed E-state index contributed by atoms with van der Waals surface area (Å²) in [7, 11) is 5.50. The molecule has 0 spiro atoms. The van der Waals surface area contributed by atoms with Gasteiger partial charge < -0.3 is 20.3 Å². The van der Waals surface area contributed by atoms with E-state index in [-0.39, 0.29) is 5.82 Å². The predicted octanol–water partition coefficient (Wildman–Crippen LogP) is 1.46. The SMILES string of the molecule is CN=C(NCCN(C)CCCOC)NCc1ccccc1F. The number of methoxy groups -OCH3 is 1. The number of aliphatic imine (C=N–C) groups is 1. The van der Waals surface area contributed by atoms with Gasteiger partial charge in [0, 0.05) is 52.5 Å². The number of halogens is 1. The Balaban J connectivity index is 2.24. The molecule has 0 amide bonds. The van der Waals surface area contributed by atoms with Gasteiger partial charge in [-0.1, -0.05) is 18.2 Å². The van der Waals surface area contributed by atoms with Gasteiger partial charge in [-0.3, -0.25) is 4.99 Å². The molecule has 0 radical (unpaired) electrons. The number of rotatable bonds is 9. The van der Waals surface area contributed by atoms with E-state index >= 15 is 0 Å². The van der Waals surface area contributed by atoms with Gasteiger partial charge in [-0.25, -0.2) is 4.39 Å². The van der Waals surface area contributed by atoms with Gasteiger partial charge in [0.25, 0.3) is 0 Å². The lowest BCUT2D eigenvalue weighted by atomic mass is 10.2. The molecule has 1 aromatic rings. The van der Waals surface area contributed by atoms with Gasteiger partial charge in [-0.05, 0) is 19.5 Å². The molecule has 0 heterocycles. The van der Waals surface area contributed by atoms with Crippen LogP contribution in [0.3, 0.4) is 0 Å². The van der Waals surface area contributed by atoms with Gasteiger partial charge in [0.05, 0.1) is 0 Å². The maximum Gasteiger partial charge on any atom is 0.191 e. The lowest BCUT2D eigenvalue weighted by Gasteiger charge is -2.18. The van der Waals surface area contributed by atoms with Gasteiger partial charge in [-0.2, -0.15) is 0 Å². The molecular weight excluding hydrogens is 283 g/mol. The highest BCUT2D eigenvalue weighted by Crippen LogP contribution is 2.05. The van der Waals surface area contributed by atoms with Gasteiger partial charge in [0.2, 0.25) is 0 Å². The van der Waals surface area contributed by atoms with Gasteiger partial charge in [0.15, 0.2) is 5.96 Å². The van der Waals surface area contributed by atoms with Crippen LogP contribution in [0.2, 0.25) is 0 Å². The molecule has 0 saturated heterocycles. The third-order valence-electron chi connectivity index (χ3n) is 3.30. The second kappa shape index (κ2) is 11.0. The van der Waals surface area contributed by atoms with E-state index in [1.807, 2.05) is 6.07 Å². The number of ether oxygens (including phenoxy) is 1. The standard InChI is InChI=1S/C16H27FN4O/c1-18-16(19-9-11-21(2)10-6-12-22-3)20-13-14-7-4-5-8-15(14)17/h4-5,7-8H,6,9-13H2,1-3H3,(H2,18,19,20). The molecule has 0 aliphatic heterocycles. The normalized spacial score (nSPS) is 11.8. The zero-order valence-corrected chi connectivity index (χ0v) is 13.7. The number of likely N-dealkylation sites (N-methyl/N-ethyl adjacent to an activating group) is 1. The van der Waals surface area contributed by atoms with Crippen molar-refractivity contribution in [1.29, 1.82) is 0 Å². The molecule has 1 aromatic carbocycles. The zero-order valence-electron chi connectivity index (χ0n) is 13.7. The van der Waals surface area contributed by atoms with Crippen LogP contribution < -0.4 is 10.6 Å².